The average Bonchev–Trinajstić information content (AvgIpc) is 2.29. The summed E-state index contributed by atoms with van der Waals surface area (Å²) in [7, 11) is 0. The Morgan fingerprint density at radius 3 is 2.40 bits per heavy atom. The van der Waals surface area contributed by atoms with Gasteiger partial charge in [0.1, 0.15) is 5.60 Å². The van der Waals surface area contributed by atoms with Gasteiger partial charge in [-0.05, 0) is 50.9 Å². The first-order chi connectivity index (χ1) is 9.15. The molecule has 0 spiro atoms. The van der Waals surface area contributed by atoms with Gasteiger partial charge in [-0.2, -0.15) is 0 Å². The monoisotopic (exact) mass is 283 g/mol. The smallest absolute Gasteiger partial charge is 0.410 e. The fourth-order valence-corrected chi connectivity index (χ4v) is 3.42. The predicted molar refractivity (Wildman–Crippen MR) is 83.7 cm³/mol. The Kier molecular flexibility index (Phi) is 5.91. The molecule has 0 aromatic rings. The Balaban J connectivity index is 2.72. The van der Waals surface area contributed by atoms with Crippen LogP contribution in [-0.2, 0) is 4.74 Å². The van der Waals surface area contributed by atoms with Gasteiger partial charge < -0.3 is 9.64 Å². The Hall–Kier alpha value is -0.730. The van der Waals surface area contributed by atoms with E-state index < -0.39 is 5.60 Å². The number of amides is 1. The molecule has 20 heavy (non-hydrogen) atoms. The van der Waals surface area contributed by atoms with Crippen molar-refractivity contribution >= 4 is 6.09 Å². The highest BCUT2D eigenvalue weighted by molar-refractivity contribution is 5.68. The summed E-state index contributed by atoms with van der Waals surface area (Å²) in [6, 6.07) is 0. The van der Waals surface area contributed by atoms with Crippen molar-refractivity contribution in [1.82, 2.24) is 4.90 Å². The number of hydrogen-bond acceptors (Lipinski definition) is 2. The lowest BCUT2D eigenvalue weighted by molar-refractivity contribution is 0.00165. The number of nitrogens with zero attached hydrogens (tertiary/aromatic N) is 1. The molecule has 0 radical (unpaired) electrons. The Morgan fingerprint density at radius 2 is 1.95 bits per heavy atom. The van der Waals surface area contributed by atoms with Crippen molar-refractivity contribution < 1.29 is 9.53 Å². The summed E-state index contributed by atoms with van der Waals surface area (Å²) in [6.45, 7) is 16.7. The van der Waals surface area contributed by atoms with Gasteiger partial charge >= 0.3 is 6.09 Å². The van der Waals surface area contributed by atoms with E-state index in [4.69, 9.17) is 4.74 Å². The third kappa shape index (κ3) is 4.68. The lowest BCUT2D eigenvalue weighted by Crippen LogP contribution is -2.47. The maximum absolute atomic E-state index is 12.3. The summed E-state index contributed by atoms with van der Waals surface area (Å²) in [4.78, 5) is 14.2. The number of likely N-dealkylation sites (tertiary alicyclic amines) is 1. The van der Waals surface area contributed by atoms with Gasteiger partial charge in [0, 0.05) is 13.1 Å². The average molecular weight is 283 g/mol. The van der Waals surface area contributed by atoms with Gasteiger partial charge in [-0.25, -0.2) is 4.79 Å². The summed E-state index contributed by atoms with van der Waals surface area (Å²) >= 11 is 0. The first-order valence-corrected chi connectivity index (χ1v) is 8.13. The molecular weight excluding hydrogens is 250 g/mol. The van der Waals surface area contributed by atoms with Crippen LogP contribution >= 0.6 is 0 Å². The lowest BCUT2D eigenvalue weighted by atomic mass is 9.72. The van der Waals surface area contributed by atoms with Crippen molar-refractivity contribution in [2.45, 2.75) is 66.9 Å². The van der Waals surface area contributed by atoms with Crippen LogP contribution in [0.1, 0.15) is 61.3 Å². The molecule has 3 unspecified atom stereocenters. The zero-order valence-corrected chi connectivity index (χ0v) is 14.4. The van der Waals surface area contributed by atoms with E-state index in [1.54, 1.807) is 0 Å². The fourth-order valence-electron chi connectivity index (χ4n) is 3.42. The normalized spacial score (nSPS) is 25.7. The number of hydrogen-bond donors (Lipinski definition) is 0. The van der Waals surface area contributed by atoms with Crippen LogP contribution in [0.3, 0.4) is 0 Å². The molecule has 0 aromatic carbocycles. The molecule has 0 N–H and O–H groups in total. The maximum Gasteiger partial charge on any atom is 0.410 e. The topological polar surface area (TPSA) is 29.5 Å². The molecule has 1 aliphatic rings. The van der Waals surface area contributed by atoms with Crippen molar-refractivity contribution in [1.29, 1.82) is 0 Å². The van der Waals surface area contributed by atoms with E-state index >= 15 is 0 Å². The fraction of sp³-hybridized carbons (Fsp3) is 0.941. The van der Waals surface area contributed by atoms with Crippen LogP contribution in [0.15, 0.2) is 0 Å². The van der Waals surface area contributed by atoms with Crippen LogP contribution in [0.25, 0.3) is 0 Å². The van der Waals surface area contributed by atoms with Gasteiger partial charge in [-0.3, -0.25) is 0 Å². The third-order valence-corrected chi connectivity index (χ3v) is 4.55. The van der Waals surface area contributed by atoms with Crippen molar-refractivity contribution in [2.75, 3.05) is 13.1 Å². The van der Waals surface area contributed by atoms with E-state index in [2.05, 4.69) is 27.7 Å². The summed E-state index contributed by atoms with van der Waals surface area (Å²) in [5.41, 5.74) is -0.405. The Bertz CT molecular complexity index is 319. The van der Waals surface area contributed by atoms with Crippen molar-refractivity contribution in [3.63, 3.8) is 0 Å². The number of rotatable bonds is 3. The zero-order chi connectivity index (χ0) is 15.5. The summed E-state index contributed by atoms with van der Waals surface area (Å²) < 4.78 is 5.52. The first-order valence-electron chi connectivity index (χ1n) is 8.13. The Labute approximate surface area is 125 Å². The standard InChI is InChI=1S/C17H33NO2/c1-8-14(12(2)3)15-11-18(10-9-13(15)4)16(19)20-17(5,6)7/h12-15H,8-11H2,1-7H3. The van der Waals surface area contributed by atoms with Crippen LogP contribution in [0.5, 0.6) is 0 Å². The molecule has 0 aliphatic carbocycles. The molecule has 1 heterocycles. The SMILES string of the molecule is CCC(C(C)C)C1CN(C(=O)OC(C)(C)C)CCC1C. The van der Waals surface area contributed by atoms with E-state index in [1.807, 2.05) is 25.7 Å². The van der Waals surface area contributed by atoms with Crippen molar-refractivity contribution in [2.24, 2.45) is 23.7 Å². The molecule has 3 atom stereocenters. The molecule has 0 saturated carbocycles. The molecule has 1 saturated heterocycles. The first kappa shape index (κ1) is 17.3. The van der Waals surface area contributed by atoms with Gasteiger partial charge in [-0.15, -0.1) is 0 Å². The molecule has 3 nitrogen and oxygen atoms in total. The highest BCUT2D eigenvalue weighted by Crippen LogP contribution is 2.35. The van der Waals surface area contributed by atoms with Gasteiger partial charge in [0.2, 0.25) is 0 Å². The van der Waals surface area contributed by atoms with Gasteiger partial charge in [0.25, 0.3) is 0 Å². The van der Waals surface area contributed by atoms with Crippen LogP contribution in [0.2, 0.25) is 0 Å². The maximum atomic E-state index is 12.3. The molecule has 1 amide bonds. The molecule has 1 fully saturated rings. The van der Waals surface area contributed by atoms with Crippen LogP contribution in [0.4, 0.5) is 4.79 Å². The third-order valence-electron chi connectivity index (χ3n) is 4.55. The predicted octanol–water partition coefficient (Wildman–Crippen LogP) is 4.56. The highest BCUT2D eigenvalue weighted by atomic mass is 16.6. The summed E-state index contributed by atoms with van der Waals surface area (Å²) in [6.07, 6.45) is 2.13. The molecule has 1 aliphatic heterocycles. The number of piperidine rings is 1. The van der Waals surface area contributed by atoms with Crippen LogP contribution in [0, 0.1) is 23.7 Å². The van der Waals surface area contributed by atoms with E-state index in [9.17, 15) is 4.79 Å². The second kappa shape index (κ2) is 6.82. The van der Waals surface area contributed by atoms with Gasteiger partial charge in [-0.1, -0.05) is 34.1 Å². The quantitative estimate of drug-likeness (QED) is 0.759. The zero-order valence-electron chi connectivity index (χ0n) is 14.4. The number of carbonyl (C=O) groups excluding carboxylic acids is 1. The minimum atomic E-state index is -0.405. The minimum Gasteiger partial charge on any atom is -0.444 e. The van der Waals surface area contributed by atoms with Gasteiger partial charge in [0.15, 0.2) is 0 Å². The molecule has 0 aromatic heterocycles. The van der Waals surface area contributed by atoms with E-state index in [-0.39, 0.29) is 6.09 Å². The second-order valence-electron chi connectivity index (χ2n) is 7.67. The molecular formula is C17H33NO2. The largest absolute Gasteiger partial charge is 0.444 e. The second-order valence-corrected chi connectivity index (χ2v) is 7.67. The lowest BCUT2D eigenvalue weighted by Gasteiger charge is -2.42. The highest BCUT2D eigenvalue weighted by Gasteiger charge is 2.35. The van der Waals surface area contributed by atoms with Crippen LogP contribution < -0.4 is 0 Å². The molecule has 118 valence electrons. The van der Waals surface area contributed by atoms with E-state index in [1.165, 1.54) is 6.42 Å². The van der Waals surface area contributed by atoms with E-state index in [0.29, 0.717) is 23.7 Å². The number of carbonyl (C=O) groups is 1. The van der Waals surface area contributed by atoms with Gasteiger partial charge in [0.05, 0.1) is 0 Å². The molecule has 3 heteroatoms. The summed E-state index contributed by atoms with van der Waals surface area (Å²) in [5.74, 6) is 2.66. The van der Waals surface area contributed by atoms with Crippen molar-refractivity contribution in [3.8, 4) is 0 Å². The van der Waals surface area contributed by atoms with Crippen molar-refractivity contribution in [3.05, 3.63) is 0 Å². The van der Waals surface area contributed by atoms with E-state index in [0.717, 1.165) is 19.5 Å². The molecule has 0 bridgehead atoms. The molecule has 1 rings (SSSR count). The number of ether oxygens (including phenoxy) is 1. The Morgan fingerprint density at radius 1 is 1.35 bits per heavy atom. The summed E-state index contributed by atoms with van der Waals surface area (Å²) in [5, 5.41) is 0. The van der Waals surface area contributed by atoms with Crippen LogP contribution in [-0.4, -0.2) is 29.7 Å². The minimum absolute atomic E-state index is 0.145.